The molecule has 12 heteroatoms. The van der Waals surface area contributed by atoms with E-state index in [-0.39, 0.29) is 29.4 Å². The first-order valence-corrected chi connectivity index (χ1v) is 13.7. The van der Waals surface area contributed by atoms with E-state index in [0.29, 0.717) is 0 Å². The van der Waals surface area contributed by atoms with Crippen LogP contribution in [-0.4, -0.2) is 59.8 Å². The number of nitro groups is 1. The first-order valence-electron chi connectivity index (χ1n) is 12.3. The standard InChI is InChI=1S/C25H31N7O4S/c1-4-30(5-2)37(35,36)21-13-14-23(24(17-21)32(33)34)27-26-18-22-19(3)28-31(20-11-7-6-8-12-20)25(22)29-15-9-10-16-29/h6-8,11-14,17-18,27H,4-5,9-10,15-16H2,1-3H3/b26-18+. The van der Waals surface area contributed by atoms with Gasteiger partial charge in [0.1, 0.15) is 11.5 Å². The number of rotatable bonds is 10. The first-order chi connectivity index (χ1) is 17.8. The van der Waals surface area contributed by atoms with Crippen molar-refractivity contribution < 1.29 is 13.3 Å². The summed E-state index contributed by atoms with van der Waals surface area (Å²) in [6.07, 6.45) is 3.78. The topological polar surface area (TPSA) is 126 Å². The van der Waals surface area contributed by atoms with Crippen LogP contribution in [0.2, 0.25) is 0 Å². The number of hydrazone groups is 1. The van der Waals surface area contributed by atoms with Crippen LogP contribution in [0.1, 0.15) is 37.9 Å². The number of para-hydroxylation sites is 1. The van der Waals surface area contributed by atoms with Gasteiger partial charge in [0.15, 0.2) is 0 Å². The lowest BCUT2D eigenvalue weighted by Gasteiger charge is -2.20. The average molecular weight is 526 g/mol. The normalized spacial score (nSPS) is 14.1. The van der Waals surface area contributed by atoms with E-state index >= 15 is 0 Å². The fourth-order valence-electron chi connectivity index (χ4n) is 4.46. The van der Waals surface area contributed by atoms with E-state index in [1.807, 2.05) is 41.9 Å². The van der Waals surface area contributed by atoms with Crippen molar-refractivity contribution in [3.05, 3.63) is 69.9 Å². The summed E-state index contributed by atoms with van der Waals surface area (Å²) >= 11 is 0. The zero-order valence-corrected chi connectivity index (χ0v) is 22.0. The lowest BCUT2D eigenvalue weighted by Crippen LogP contribution is -2.30. The van der Waals surface area contributed by atoms with Gasteiger partial charge in [-0.15, -0.1) is 0 Å². The van der Waals surface area contributed by atoms with Crippen LogP contribution in [-0.2, 0) is 10.0 Å². The molecule has 0 aliphatic carbocycles. The molecule has 0 bridgehead atoms. The molecule has 1 saturated heterocycles. The minimum absolute atomic E-state index is 0.0931. The number of nitrogens with one attached hydrogen (secondary N) is 1. The second-order valence-corrected chi connectivity index (χ2v) is 10.6. The third-order valence-electron chi connectivity index (χ3n) is 6.38. The molecule has 0 atom stereocenters. The zero-order valence-electron chi connectivity index (χ0n) is 21.2. The van der Waals surface area contributed by atoms with E-state index in [4.69, 9.17) is 5.10 Å². The Bertz CT molecular complexity index is 1390. The van der Waals surface area contributed by atoms with Crippen LogP contribution in [0.5, 0.6) is 0 Å². The third kappa shape index (κ3) is 5.35. The number of nitro benzene ring substituents is 1. The number of anilines is 2. The van der Waals surface area contributed by atoms with Gasteiger partial charge in [0.05, 0.1) is 33.0 Å². The molecule has 4 rings (SSSR count). The maximum atomic E-state index is 12.8. The van der Waals surface area contributed by atoms with Gasteiger partial charge in [-0.25, -0.2) is 13.1 Å². The van der Waals surface area contributed by atoms with Crippen LogP contribution in [0, 0.1) is 17.0 Å². The second-order valence-electron chi connectivity index (χ2n) is 8.66. The second kappa shape index (κ2) is 11.1. The number of nitrogens with zero attached hydrogens (tertiary/aromatic N) is 6. The van der Waals surface area contributed by atoms with E-state index in [2.05, 4.69) is 15.4 Å². The number of aromatic nitrogens is 2. The highest BCUT2D eigenvalue weighted by Gasteiger charge is 2.26. The fraction of sp³-hybridized carbons (Fsp3) is 0.360. The van der Waals surface area contributed by atoms with Crippen molar-refractivity contribution in [2.24, 2.45) is 5.10 Å². The predicted molar refractivity (Wildman–Crippen MR) is 144 cm³/mol. The van der Waals surface area contributed by atoms with Crippen LogP contribution in [0.4, 0.5) is 17.2 Å². The van der Waals surface area contributed by atoms with Crippen LogP contribution >= 0.6 is 0 Å². The maximum absolute atomic E-state index is 12.8. The Morgan fingerprint density at radius 3 is 2.43 bits per heavy atom. The summed E-state index contributed by atoms with van der Waals surface area (Å²) in [7, 11) is -3.84. The van der Waals surface area contributed by atoms with E-state index in [0.717, 1.165) is 54.8 Å². The molecule has 11 nitrogen and oxygen atoms in total. The summed E-state index contributed by atoms with van der Waals surface area (Å²) in [5.41, 5.74) is 4.96. The Morgan fingerprint density at radius 1 is 1.14 bits per heavy atom. The van der Waals surface area contributed by atoms with Crippen LogP contribution in [0.25, 0.3) is 5.69 Å². The Kier molecular flexibility index (Phi) is 7.89. The Balaban J connectivity index is 1.67. The third-order valence-corrected chi connectivity index (χ3v) is 8.42. The molecule has 2 heterocycles. The molecule has 1 aromatic heterocycles. The van der Waals surface area contributed by atoms with Crippen molar-refractivity contribution in [3.63, 3.8) is 0 Å². The molecule has 37 heavy (non-hydrogen) atoms. The number of sulfonamides is 1. The average Bonchev–Trinajstić information content (AvgIpc) is 3.53. The number of hydrogen-bond acceptors (Lipinski definition) is 8. The summed E-state index contributed by atoms with van der Waals surface area (Å²) in [5.74, 6) is 0.918. The van der Waals surface area contributed by atoms with Gasteiger partial charge >= 0.3 is 0 Å². The predicted octanol–water partition coefficient (Wildman–Crippen LogP) is 4.17. The molecular weight excluding hydrogens is 494 g/mol. The highest BCUT2D eigenvalue weighted by Crippen LogP contribution is 2.31. The minimum atomic E-state index is -3.84. The number of benzene rings is 2. The van der Waals surface area contributed by atoms with Gasteiger partial charge in [-0.05, 0) is 44.0 Å². The SMILES string of the molecule is CCN(CC)S(=O)(=O)c1ccc(N/N=C/c2c(C)nn(-c3ccccc3)c2N2CCCC2)c([N+](=O)[O-])c1. The molecule has 1 N–H and O–H groups in total. The molecule has 1 aliphatic heterocycles. The van der Waals surface area contributed by atoms with Crippen molar-refractivity contribution in [3.8, 4) is 5.69 Å². The largest absolute Gasteiger partial charge is 0.356 e. The van der Waals surface area contributed by atoms with Gasteiger partial charge in [0.25, 0.3) is 5.69 Å². The van der Waals surface area contributed by atoms with Crippen molar-refractivity contribution in [2.45, 2.75) is 38.5 Å². The monoisotopic (exact) mass is 525 g/mol. The molecule has 0 saturated carbocycles. The Morgan fingerprint density at radius 2 is 1.81 bits per heavy atom. The summed E-state index contributed by atoms with van der Waals surface area (Å²) in [4.78, 5) is 13.3. The summed E-state index contributed by atoms with van der Waals surface area (Å²) < 4.78 is 28.8. The highest BCUT2D eigenvalue weighted by atomic mass is 32.2. The summed E-state index contributed by atoms with van der Waals surface area (Å²) in [5, 5.41) is 20.8. The Hall–Kier alpha value is -3.77. The van der Waals surface area contributed by atoms with Gasteiger partial charge < -0.3 is 4.90 Å². The maximum Gasteiger partial charge on any atom is 0.295 e. The minimum Gasteiger partial charge on any atom is -0.356 e. The summed E-state index contributed by atoms with van der Waals surface area (Å²) in [6.45, 7) is 7.69. The molecule has 0 unspecified atom stereocenters. The molecule has 0 radical (unpaired) electrons. The molecule has 3 aromatic rings. The van der Waals surface area contributed by atoms with Crippen molar-refractivity contribution >= 4 is 33.4 Å². The smallest absolute Gasteiger partial charge is 0.295 e. The van der Waals surface area contributed by atoms with Gasteiger partial charge in [-0.3, -0.25) is 15.5 Å². The molecule has 196 valence electrons. The lowest BCUT2D eigenvalue weighted by atomic mass is 10.2. The molecule has 2 aromatic carbocycles. The van der Waals surface area contributed by atoms with Crippen molar-refractivity contribution in [2.75, 3.05) is 36.5 Å². The molecule has 0 spiro atoms. The van der Waals surface area contributed by atoms with Gasteiger partial charge in [0.2, 0.25) is 10.0 Å². The van der Waals surface area contributed by atoms with Crippen molar-refractivity contribution in [1.29, 1.82) is 0 Å². The Labute approximate surface area is 216 Å². The molecule has 0 amide bonds. The van der Waals surface area contributed by atoms with Crippen molar-refractivity contribution in [1.82, 2.24) is 14.1 Å². The van der Waals surface area contributed by atoms with Gasteiger partial charge in [0, 0.05) is 32.2 Å². The molecular formula is C25H31N7O4S. The highest BCUT2D eigenvalue weighted by molar-refractivity contribution is 7.89. The number of hydrogen-bond donors (Lipinski definition) is 1. The van der Waals surface area contributed by atoms with Crippen LogP contribution in [0.15, 0.2) is 58.5 Å². The van der Waals surface area contributed by atoms with Crippen LogP contribution in [0.3, 0.4) is 0 Å². The lowest BCUT2D eigenvalue weighted by molar-refractivity contribution is -0.384. The molecule has 1 aliphatic rings. The quantitative estimate of drug-likeness (QED) is 0.239. The zero-order chi connectivity index (χ0) is 26.6. The summed E-state index contributed by atoms with van der Waals surface area (Å²) in [6, 6.07) is 13.6. The van der Waals surface area contributed by atoms with Gasteiger partial charge in [-0.1, -0.05) is 32.0 Å². The fourth-order valence-corrected chi connectivity index (χ4v) is 5.94. The van der Waals surface area contributed by atoms with E-state index in [1.165, 1.54) is 16.4 Å². The number of aryl methyl sites for hydroxylation is 1. The molecule has 1 fully saturated rings. The first kappa shape index (κ1) is 26.3. The van der Waals surface area contributed by atoms with Crippen LogP contribution < -0.4 is 10.3 Å². The van der Waals surface area contributed by atoms with Gasteiger partial charge in [-0.2, -0.15) is 14.5 Å². The van der Waals surface area contributed by atoms with E-state index < -0.39 is 14.9 Å². The van der Waals surface area contributed by atoms with E-state index in [1.54, 1.807) is 20.1 Å². The van der Waals surface area contributed by atoms with E-state index in [9.17, 15) is 18.5 Å².